The first-order chi connectivity index (χ1) is 18.5. The topological polar surface area (TPSA) is 91.2 Å². The van der Waals surface area contributed by atoms with Gasteiger partial charge in [-0.15, -0.1) is 11.3 Å². The maximum Gasteiger partial charge on any atom is 0.231 e. The van der Waals surface area contributed by atoms with Crippen LogP contribution in [-0.2, 0) is 17.6 Å². The minimum Gasteiger partial charge on any atom is -0.393 e. The number of allylic oxidation sites excluding steroid dienone is 1. The molecule has 1 aliphatic heterocycles. The summed E-state index contributed by atoms with van der Waals surface area (Å²) in [7, 11) is 0. The van der Waals surface area contributed by atoms with Crippen LogP contribution in [0, 0.1) is 0 Å². The molecule has 2 N–H and O–H groups in total. The summed E-state index contributed by atoms with van der Waals surface area (Å²) in [5, 5.41) is 14.4. The summed E-state index contributed by atoms with van der Waals surface area (Å²) in [6.07, 6.45) is 5.79. The van der Waals surface area contributed by atoms with Crippen molar-refractivity contribution in [3.05, 3.63) is 88.8 Å². The number of aliphatic hydroxyl groups is 1. The highest BCUT2D eigenvalue weighted by Gasteiger charge is 2.26. The number of hydrogen-bond donors (Lipinski definition) is 2. The Bertz CT molecular complexity index is 1460. The van der Waals surface area contributed by atoms with Gasteiger partial charge in [0.15, 0.2) is 0 Å². The fraction of sp³-hybridized carbons (Fsp3) is 0.333. The first-order valence-corrected chi connectivity index (χ1v) is 14.1. The van der Waals surface area contributed by atoms with Crippen LogP contribution >= 0.6 is 11.3 Å². The molecule has 1 saturated carbocycles. The molecule has 2 aromatic heterocycles. The number of aromatic nitrogens is 3. The monoisotopic (exact) mass is 525 g/mol. The van der Waals surface area contributed by atoms with E-state index in [0.717, 1.165) is 70.1 Å². The third-order valence-corrected chi connectivity index (χ3v) is 8.31. The molecule has 3 heterocycles. The zero-order valence-electron chi connectivity index (χ0n) is 21.3. The van der Waals surface area contributed by atoms with E-state index in [1.807, 2.05) is 36.4 Å². The van der Waals surface area contributed by atoms with Gasteiger partial charge >= 0.3 is 0 Å². The number of hydrogen-bond acceptors (Lipinski definition) is 7. The number of nitrogens with one attached hydrogen (secondary N) is 1. The van der Waals surface area contributed by atoms with Gasteiger partial charge in [0.1, 0.15) is 0 Å². The van der Waals surface area contributed by atoms with Crippen LogP contribution in [0.15, 0.2) is 66.9 Å². The first kappa shape index (κ1) is 24.7. The molecule has 38 heavy (non-hydrogen) atoms. The highest BCUT2D eigenvalue weighted by molar-refractivity contribution is 7.18. The van der Waals surface area contributed by atoms with Gasteiger partial charge in [-0.05, 0) is 61.9 Å². The lowest BCUT2D eigenvalue weighted by molar-refractivity contribution is -0.116. The number of rotatable bonds is 7. The molecule has 0 unspecified atom stereocenters. The van der Waals surface area contributed by atoms with E-state index in [9.17, 15) is 9.90 Å². The molecule has 0 atom stereocenters. The Balaban J connectivity index is 1.26. The van der Waals surface area contributed by atoms with Gasteiger partial charge in [0.2, 0.25) is 11.9 Å². The maximum absolute atomic E-state index is 12.3. The molecule has 0 radical (unpaired) electrons. The van der Waals surface area contributed by atoms with Crippen molar-refractivity contribution >= 4 is 39.1 Å². The number of aliphatic hydroxyl groups excluding tert-OH is 1. The second-order valence-corrected chi connectivity index (χ2v) is 11.3. The Hall–Kier alpha value is -3.62. The number of amides is 1. The van der Waals surface area contributed by atoms with Crippen LogP contribution in [0.2, 0.25) is 0 Å². The Morgan fingerprint density at radius 3 is 2.45 bits per heavy atom. The molecule has 4 aromatic rings. The Labute approximate surface area is 226 Å². The number of nitrogens with zero attached hydrogens (tertiary/aromatic N) is 4. The summed E-state index contributed by atoms with van der Waals surface area (Å²) in [6.45, 7) is 4.06. The van der Waals surface area contributed by atoms with E-state index in [0.29, 0.717) is 25.2 Å². The molecule has 7 nitrogen and oxygen atoms in total. The third kappa shape index (κ3) is 5.47. The van der Waals surface area contributed by atoms with Crippen molar-refractivity contribution in [1.82, 2.24) is 15.0 Å². The van der Waals surface area contributed by atoms with Gasteiger partial charge in [0.25, 0.3) is 0 Å². The van der Waals surface area contributed by atoms with E-state index in [2.05, 4.69) is 30.1 Å². The quantitative estimate of drug-likeness (QED) is 0.325. The van der Waals surface area contributed by atoms with E-state index in [4.69, 9.17) is 15.0 Å². The van der Waals surface area contributed by atoms with E-state index in [-0.39, 0.29) is 18.1 Å². The SMILES string of the molecule is C=C1CCC(=O)N1c1ccc2nc(Cc3cc(Cc4ccccc4)nc(NC4CCC(O)CC4)n3)sc2c1. The lowest BCUT2D eigenvalue weighted by Crippen LogP contribution is -2.29. The molecule has 8 heteroatoms. The van der Waals surface area contributed by atoms with Crippen molar-refractivity contribution in [3.8, 4) is 0 Å². The molecule has 6 rings (SSSR count). The fourth-order valence-electron chi connectivity index (χ4n) is 5.32. The molecule has 2 aromatic carbocycles. The highest BCUT2D eigenvalue weighted by Crippen LogP contribution is 2.33. The van der Waals surface area contributed by atoms with Crippen LogP contribution in [0.5, 0.6) is 0 Å². The maximum atomic E-state index is 12.3. The average Bonchev–Trinajstić information content (AvgIpc) is 3.46. The molecule has 0 spiro atoms. The number of fused-ring (bicyclic) bond motifs is 1. The minimum atomic E-state index is -0.199. The van der Waals surface area contributed by atoms with E-state index in [1.54, 1.807) is 16.2 Å². The van der Waals surface area contributed by atoms with E-state index in [1.165, 1.54) is 5.56 Å². The van der Waals surface area contributed by atoms with Gasteiger partial charge in [0.05, 0.1) is 38.4 Å². The van der Waals surface area contributed by atoms with Gasteiger partial charge in [-0.25, -0.2) is 15.0 Å². The number of anilines is 2. The standard InChI is InChI=1S/C30H31N5O2S/c1-19-7-14-29(37)35(19)24-10-13-26-27(18-24)38-28(34-26)17-23-16-22(15-20-5-3-2-4-6-20)32-30(33-23)31-21-8-11-25(36)12-9-21/h2-6,10,13,16,18,21,25,36H,1,7-9,11-12,14-15,17H2,(H,31,32,33). The van der Waals surface area contributed by atoms with Crippen LogP contribution in [0.25, 0.3) is 10.2 Å². The van der Waals surface area contributed by atoms with Gasteiger partial charge in [-0.3, -0.25) is 9.69 Å². The predicted molar refractivity (Wildman–Crippen MR) is 151 cm³/mol. The number of carbonyl (C=O) groups excluding carboxylic acids is 1. The third-order valence-electron chi connectivity index (χ3n) is 7.29. The normalized spacial score (nSPS) is 19.9. The highest BCUT2D eigenvalue weighted by atomic mass is 32.1. The van der Waals surface area contributed by atoms with Gasteiger partial charge in [-0.1, -0.05) is 36.9 Å². The van der Waals surface area contributed by atoms with Crippen molar-refractivity contribution in [1.29, 1.82) is 0 Å². The molecular formula is C30H31N5O2S. The van der Waals surface area contributed by atoms with Crippen molar-refractivity contribution in [2.45, 2.75) is 63.5 Å². The molecule has 2 aliphatic rings. The summed E-state index contributed by atoms with van der Waals surface area (Å²) in [4.78, 5) is 28.7. The lowest BCUT2D eigenvalue weighted by atomic mass is 9.93. The van der Waals surface area contributed by atoms with Gasteiger partial charge in [-0.2, -0.15) is 0 Å². The second kappa shape index (κ2) is 10.6. The van der Waals surface area contributed by atoms with E-state index < -0.39 is 0 Å². The van der Waals surface area contributed by atoms with Crippen LogP contribution in [0.3, 0.4) is 0 Å². The largest absolute Gasteiger partial charge is 0.393 e. The van der Waals surface area contributed by atoms with Crippen molar-refractivity contribution in [2.24, 2.45) is 0 Å². The van der Waals surface area contributed by atoms with Crippen molar-refractivity contribution in [3.63, 3.8) is 0 Å². The van der Waals surface area contributed by atoms with E-state index >= 15 is 0 Å². The minimum absolute atomic E-state index is 0.0959. The Morgan fingerprint density at radius 1 is 0.947 bits per heavy atom. The molecule has 2 fully saturated rings. The number of thiazole rings is 1. The van der Waals surface area contributed by atoms with Crippen LogP contribution < -0.4 is 10.2 Å². The summed E-state index contributed by atoms with van der Waals surface area (Å²) < 4.78 is 1.04. The smallest absolute Gasteiger partial charge is 0.231 e. The van der Waals surface area contributed by atoms with Gasteiger partial charge in [0, 0.05) is 31.0 Å². The summed E-state index contributed by atoms with van der Waals surface area (Å²) in [5.74, 6) is 0.739. The Morgan fingerprint density at radius 2 is 1.71 bits per heavy atom. The first-order valence-electron chi connectivity index (χ1n) is 13.3. The molecule has 1 amide bonds. The summed E-state index contributed by atoms with van der Waals surface area (Å²) >= 11 is 1.63. The van der Waals surface area contributed by atoms with Crippen LogP contribution in [-0.4, -0.2) is 38.1 Å². The summed E-state index contributed by atoms with van der Waals surface area (Å²) in [6, 6.07) is 18.7. The number of benzene rings is 2. The molecule has 194 valence electrons. The van der Waals surface area contributed by atoms with Crippen molar-refractivity contribution in [2.75, 3.05) is 10.2 Å². The molecular weight excluding hydrogens is 494 g/mol. The second-order valence-electron chi connectivity index (χ2n) is 10.2. The number of carbonyl (C=O) groups is 1. The zero-order chi connectivity index (χ0) is 26.1. The van der Waals surface area contributed by atoms with Crippen LogP contribution in [0.4, 0.5) is 11.6 Å². The Kier molecular flexibility index (Phi) is 6.91. The summed E-state index contributed by atoms with van der Waals surface area (Å²) in [5.41, 5.74) is 5.72. The van der Waals surface area contributed by atoms with Crippen molar-refractivity contribution < 1.29 is 9.90 Å². The molecule has 1 aliphatic carbocycles. The van der Waals surface area contributed by atoms with Gasteiger partial charge < -0.3 is 10.4 Å². The average molecular weight is 526 g/mol. The fourth-order valence-corrected chi connectivity index (χ4v) is 6.33. The predicted octanol–water partition coefficient (Wildman–Crippen LogP) is 5.62. The van der Waals surface area contributed by atoms with Crippen LogP contribution in [0.1, 0.15) is 60.5 Å². The molecule has 0 bridgehead atoms. The lowest BCUT2D eigenvalue weighted by Gasteiger charge is -2.26. The zero-order valence-corrected chi connectivity index (χ0v) is 22.1. The molecule has 1 saturated heterocycles.